The van der Waals surface area contributed by atoms with Gasteiger partial charge in [-0.15, -0.1) is 0 Å². The first-order valence-corrected chi connectivity index (χ1v) is 8.16. The molecule has 6 nitrogen and oxygen atoms in total. The van der Waals surface area contributed by atoms with Crippen LogP contribution in [-0.4, -0.2) is 41.3 Å². The Hall–Kier alpha value is -1.48. The van der Waals surface area contributed by atoms with E-state index in [-0.39, 0.29) is 12.2 Å². The zero-order valence-electron chi connectivity index (χ0n) is 14.3. The van der Waals surface area contributed by atoms with Crippen LogP contribution in [0.5, 0.6) is 0 Å². The van der Waals surface area contributed by atoms with Gasteiger partial charge < -0.3 is 14.0 Å². The Morgan fingerprint density at radius 1 is 1.25 bits per heavy atom. The lowest BCUT2D eigenvalue weighted by molar-refractivity contribution is 0.00578. The van der Waals surface area contributed by atoms with Crippen molar-refractivity contribution in [3.05, 3.63) is 24.1 Å². The second-order valence-corrected chi connectivity index (χ2v) is 7.26. The van der Waals surface area contributed by atoms with Gasteiger partial charge in [-0.1, -0.05) is 6.07 Å². The van der Waals surface area contributed by atoms with E-state index in [0.29, 0.717) is 23.0 Å². The molecule has 1 N–H and O–H groups in total. The van der Waals surface area contributed by atoms with E-state index in [1.165, 1.54) is 6.20 Å². The number of halogens is 1. The number of rotatable bonds is 2. The van der Waals surface area contributed by atoms with E-state index >= 15 is 4.39 Å². The Morgan fingerprint density at radius 3 is 2.58 bits per heavy atom. The number of nitrogens with zero attached hydrogens (tertiary/aromatic N) is 2. The fourth-order valence-corrected chi connectivity index (χ4v) is 3.01. The Balaban J connectivity index is 1.72. The Labute approximate surface area is 140 Å². The largest absolute Gasteiger partial charge is 0.497 e. The SMILES string of the molecule is CC1(C)OB(c2ccc3c(cnn3C3NCCO3)c2F)OC1(C)C. The minimum atomic E-state index is -0.733. The molecule has 2 saturated heterocycles. The number of aromatic nitrogens is 2. The Bertz CT molecular complexity index is 770. The molecule has 128 valence electrons. The molecule has 0 radical (unpaired) electrons. The number of ether oxygens (including phenoxy) is 1. The zero-order chi connectivity index (χ0) is 17.1. The quantitative estimate of drug-likeness (QED) is 0.845. The first kappa shape index (κ1) is 16.0. The van der Waals surface area contributed by atoms with Crippen molar-refractivity contribution in [2.45, 2.75) is 45.2 Å². The zero-order valence-corrected chi connectivity index (χ0v) is 14.3. The van der Waals surface area contributed by atoms with Crippen LogP contribution in [0.3, 0.4) is 0 Å². The molecule has 1 aromatic carbocycles. The van der Waals surface area contributed by atoms with Crippen molar-refractivity contribution < 1.29 is 18.4 Å². The summed E-state index contributed by atoms with van der Waals surface area (Å²) in [4.78, 5) is 0. The minimum Gasteiger partial charge on any atom is -0.399 e. The predicted molar refractivity (Wildman–Crippen MR) is 88.4 cm³/mol. The van der Waals surface area contributed by atoms with E-state index in [9.17, 15) is 0 Å². The summed E-state index contributed by atoms with van der Waals surface area (Å²) in [7, 11) is -0.733. The highest BCUT2D eigenvalue weighted by Crippen LogP contribution is 2.37. The van der Waals surface area contributed by atoms with Gasteiger partial charge in [-0.2, -0.15) is 5.10 Å². The van der Waals surface area contributed by atoms with Crippen molar-refractivity contribution in [2.75, 3.05) is 13.2 Å². The monoisotopic (exact) mass is 333 g/mol. The van der Waals surface area contributed by atoms with E-state index in [1.807, 2.05) is 33.8 Å². The third-order valence-corrected chi connectivity index (χ3v) is 5.17. The predicted octanol–water partition coefficient (Wildman–Crippen LogP) is 1.55. The fourth-order valence-electron chi connectivity index (χ4n) is 3.01. The van der Waals surface area contributed by atoms with Gasteiger partial charge in [0.25, 0.3) is 0 Å². The summed E-state index contributed by atoms with van der Waals surface area (Å²) in [6, 6.07) is 3.53. The van der Waals surface area contributed by atoms with Crippen molar-refractivity contribution in [1.82, 2.24) is 15.1 Å². The van der Waals surface area contributed by atoms with E-state index in [4.69, 9.17) is 14.0 Å². The van der Waals surface area contributed by atoms with Crippen LogP contribution in [0.4, 0.5) is 4.39 Å². The summed E-state index contributed by atoms with van der Waals surface area (Å²) in [5.41, 5.74) is 0.0450. The standard InChI is InChI=1S/C16H21BFN3O3/c1-15(2)16(3,4)24-17(23-15)11-5-6-12-10(13(11)18)9-20-21(12)14-19-7-8-22-14/h5-6,9,14,19H,7-8H2,1-4H3. The molecule has 3 heterocycles. The van der Waals surface area contributed by atoms with Crippen molar-refractivity contribution in [1.29, 1.82) is 0 Å². The summed E-state index contributed by atoms with van der Waals surface area (Å²) >= 11 is 0. The van der Waals surface area contributed by atoms with Crippen LogP contribution in [0.1, 0.15) is 34.0 Å². The smallest absolute Gasteiger partial charge is 0.399 e. The van der Waals surface area contributed by atoms with Crippen LogP contribution in [0.25, 0.3) is 10.9 Å². The number of fused-ring (bicyclic) bond motifs is 1. The molecule has 1 atom stereocenters. The van der Waals surface area contributed by atoms with Crippen LogP contribution in [0, 0.1) is 5.82 Å². The highest BCUT2D eigenvalue weighted by molar-refractivity contribution is 6.62. The van der Waals surface area contributed by atoms with Gasteiger partial charge in [0.2, 0.25) is 6.35 Å². The summed E-state index contributed by atoms with van der Waals surface area (Å²) in [5, 5.41) is 7.87. The Kier molecular flexibility index (Phi) is 3.51. The maximum absolute atomic E-state index is 15.1. The maximum atomic E-state index is 15.1. The first-order chi connectivity index (χ1) is 11.3. The molecule has 0 aliphatic carbocycles. The molecular formula is C16H21BFN3O3. The molecular weight excluding hydrogens is 312 g/mol. The molecule has 0 saturated carbocycles. The van der Waals surface area contributed by atoms with E-state index < -0.39 is 18.3 Å². The number of benzene rings is 1. The number of hydrogen-bond donors (Lipinski definition) is 1. The average Bonchev–Trinajstić information content (AvgIpc) is 3.18. The van der Waals surface area contributed by atoms with Gasteiger partial charge in [-0.3, -0.25) is 5.32 Å². The van der Waals surface area contributed by atoms with Gasteiger partial charge in [-0.25, -0.2) is 9.07 Å². The van der Waals surface area contributed by atoms with Crippen molar-refractivity contribution >= 4 is 23.5 Å². The third kappa shape index (κ3) is 2.28. The van der Waals surface area contributed by atoms with Crippen molar-refractivity contribution in [2.24, 2.45) is 0 Å². The molecule has 4 rings (SSSR count). The molecule has 0 spiro atoms. The third-order valence-electron chi connectivity index (χ3n) is 5.17. The van der Waals surface area contributed by atoms with Crippen molar-refractivity contribution in [3.8, 4) is 0 Å². The van der Waals surface area contributed by atoms with Crippen LogP contribution in [-0.2, 0) is 14.0 Å². The summed E-state index contributed by atoms with van der Waals surface area (Å²) in [6.45, 7) is 9.16. The molecule has 2 aromatic rings. The fraction of sp³-hybridized carbons (Fsp3) is 0.562. The lowest BCUT2D eigenvalue weighted by Gasteiger charge is -2.32. The van der Waals surface area contributed by atoms with Crippen LogP contribution in [0.2, 0.25) is 0 Å². The minimum absolute atomic E-state index is 0.357. The van der Waals surface area contributed by atoms with Gasteiger partial charge in [0.05, 0.1) is 34.9 Å². The van der Waals surface area contributed by atoms with Crippen LogP contribution >= 0.6 is 0 Å². The maximum Gasteiger partial charge on any atom is 0.497 e. The van der Waals surface area contributed by atoms with Gasteiger partial charge in [0.15, 0.2) is 0 Å². The molecule has 0 amide bonds. The van der Waals surface area contributed by atoms with Gasteiger partial charge in [0.1, 0.15) is 5.82 Å². The average molecular weight is 333 g/mol. The van der Waals surface area contributed by atoms with Gasteiger partial charge in [0, 0.05) is 12.0 Å². The van der Waals surface area contributed by atoms with Crippen LogP contribution < -0.4 is 10.8 Å². The summed E-state index contributed by atoms with van der Waals surface area (Å²) in [6.07, 6.45) is 1.16. The highest BCUT2D eigenvalue weighted by Gasteiger charge is 2.52. The topological polar surface area (TPSA) is 57.5 Å². The van der Waals surface area contributed by atoms with Crippen LogP contribution in [0.15, 0.2) is 18.3 Å². The van der Waals surface area contributed by atoms with E-state index in [1.54, 1.807) is 10.7 Å². The lowest BCUT2D eigenvalue weighted by atomic mass is 9.78. The molecule has 2 aliphatic heterocycles. The number of nitrogens with one attached hydrogen (secondary N) is 1. The molecule has 2 fully saturated rings. The Morgan fingerprint density at radius 2 is 1.96 bits per heavy atom. The highest BCUT2D eigenvalue weighted by atomic mass is 19.1. The van der Waals surface area contributed by atoms with E-state index in [2.05, 4.69) is 10.4 Å². The molecule has 8 heteroatoms. The van der Waals surface area contributed by atoms with Crippen molar-refractivity contribution in [3.63, 3.8) is 0 Å². The normalized spacial score (nSPS) is 25.7. The first-order valence-electron chi connectivity index (χ1n) is 8.16. The second kappa shape index (κ2) is 5.26. The molecule has 0 bridgehead atoms. The molecule has 2 aliphatic rings. The van der Waals surface area contributed by atoms with Gasteiger partial charge in [-0.05, 0) is 33.8 Å². The number of hydrogen-bond acceptors (Lipinski definition) is 5. The van der Waals surface area contributed by atoms with E-state index in [0.717, 1.165) is 6.54 Å². The molecule has 1 unspecified atom stereocenters. The molecule has 24 heavy (non-hydrogen) atoms. The summed E-state index contributed by atoms with van der Waals surface area (Å²) in [5.74, 6) is -0.366. The second-order valence-electron chi connectivity index (χ2n) is 7.26. The lowest BCUT2D eigenvalue weighted by Crippen LogP contribution is -2.41. The summed E-state index contributed by atoms with van der Waals surface area (Å²) < 4.78 is 34.2. The molecule has 1 aromatic heterocycles. The van der Waals surface area contributed by atoms with Gasteiger partial charge >= 0.3 is 7.12 Å².